The SMILES string of the molecule is CCOC(=O)C1=C(C)N=c2sc(=Cc3ccc(OCc4ccc(F)cc4)c(OC)c3)c(=O)n2C1c1c(OC)ccc2ccc(OC)cc12. The molecule has 0 radical (unpaired) electrons. The van der Waals surface area contributed by atoms with Crippen molar-refractivity contribution in [2.24, 2.45) is 4.99 Å². The van der Waals surface area contributed by atoms with E-state index in [0.29, 0.717) is 49.2 Å². The minimum atomic E-state index is -0.898. The van der Waals surface area contributed by atoms with Gasteiger partial charge in [0.1, 0.15) is 30.0 Å². The molecule has 0 saturated carbocycles. The topological polar surface area (TPSA) is 97.6 Å². The number of benzene rings is 4. The smallest absolute Gasteiger partial charge is 0.338 e. The van der Waals surface area contributed by atoms with Gasteiger partial charge >= 0.3 is 5.97 Å². The van der Waals surface area contributed by atoms with E-state index in [2.05, 4.69) is 0 Å². The number of hydrogen-bond donors (Lipinski definition) is 0. The molecule has 0 bridgehead atoms. The minimum Gasteiger partial charge on any atom is -0.497 e. The molecular weight excluding hydrogens is 635 g/mol. The van der Waals surface area contributed by atoms with Crippen LogP contribution < -0.4 is 33.8 Å². The fraction of sp³-hybridized carbons (Fsp3) is 0.216. The predicted molar refractivity (Wildman–Crippen MR) is 181 cm³/mol. The molecule has 0 saturated heterocycles. The number of methoxy groups -OCH3 is 3. The summed E-state index contributed by atoms with van der Waals surface area (Å²) in [5.74, 6) is 1.18. The summed E-state index contributed by atoms with van der Waals surface area (Å²) in [7, 11) is 4.66. The first-order chi connectivity index (χ1) is 23.3. The van der Waals surface area contributed by atoms with E-state index in [4.69, 9.17) is 28.7 Å². The van der Waals surface area contributed by atoms with E-state index in [1.807, 2.05) is 36.4 Å². The highest BCUT2D eigenvalue weighted by Crippen LogP contribution is 2.41. The van der Waals surface area contributed by atoms with Crippen molar-refractivity contribution in [3.63, 3.8) is 0 Å². The van der Waals surface area contributed by atoms with Gasteiger partial charge in [-0.15, -0.1) is 0 Å². The second kappa shape index (κ2) is 13.7. The van der Waals surface area contributed by atoms with Crippen LogP contribution in [0.1, 0.15) is 36.6 Å². The first-order valence-corrected chi connectivity index (χ1v) is 16.0. The van der Waals surface area contributed by atoms with Gasteiger partial charge in [-0.1, -0.05) is 41.7 Å². The van der Waals surface area contributed by atoms with Crippen molar-refractivity contribution in [3.8, 4) is 23.0 Å². The number of aromatic nitrogens is 1. The van der Waals surface area contributed by atoms with E-state index >= 15 is 0 Å². The molecule has 1 unspecified atom stereocenters. The summed E-state index contributed by atoms with van der Waals surface area (Å²) < 4.78 is 43.7. The Hall–Kier alpha value is -5.42. The molecule has 0 aliphatic carbocycles. The van der Waals surface area contributed by atoms with Crippen molar-refractivity contribution in [2.45, 2.75) is 26.5 Å². The van der Waals surface area contributed by atoms with Gasteiger partial charge in [-0.3, -0.25) is 9.36 Å². The number of carbonyl (C=O) groups excluding carboxylic acids is 1. The molecule has 5 aromatic rings. The second-order valence-electron chi connectivity index (χ2n) is 10.9. The number of thiazole rings is 1. The first kappa shape index (κ1) is 32.5. The number of hydrogen-bond acceptors (Lipinski definition) is 9. The number of esters is 1. The van der Waals surface area contributed by atoms with Crippen LogP contribution in [-0.4, -0.2) is 38.5 Å². The Kier molecular flexibility index (Phi) is 9.31. The highest BCUT2D eigenvalue weighted by molar-refractivity contribution is 7.07. The van der Waals surface area contributed by atoms with E-state index in [1.165, 1.54) is 35.1 Å². The number of carbonyl (C=O) groups is 1. The van der Waals surface area contributed by atoms with Crippen LogP contribution >= 0.6 is 11.3 Å². The van der Waals surface area contributed by atoms with Crippen LogP contribution in [0.2, 0.25) is 0 Å². The van der Waals surface area contributed by atoms with Gasteiger partial charge in [0.15, 0.2) is 16.3 Å². The van der Waals surface area contributed by atoms with E-state index in [-0.39, 0.29) is 30.2 Å². The monoisotopic (exact) mass is 668 g/mol. The van der Waals surface area contributed by atoms with Crippen molar-refractivity contribution in [3.05, 3.63) is 126 Å². The number of allylic oxidation sites excluding steroid dienone is 1. The van der Waals surface area contributed by atoms with Crippen LogP contribution in [-0.2, 0) is 16.1 Å². The number of fused-ring (bicyclic) bond motifs is 2. The van der Waals surface area contributed by atoms with E-state index in [9.17, 15) is 14.0 Å². The number of nitrogens with zero attached hydrogens (tertiary/aromatic N) is 2. The molecule has 4 aromatic carbocycles. The highest BCUT2D eigenvalue weighted by atomic mass is 32.1. The summed E-state index contributed by atoms with van der Waals surface area (Å²) in [4.78, 5) is 33.1. The molecule has 0 fully saturated rings. The van der Waals surface area contributed by atoms with E-state index in [0.717, 1.165) is 16.3 Å². The zero-order valence-electron chi connectivity index (χ0n) is 27.0. The van der Waals surface area contributed by atoms with Crippen molar-refractivity contribution in [1.82, 2.24) is 4.57 Å². The van der Waals surface area contributed by atoms with Crippen LogP contribution in [0.3, 0.4) is 0 Å². The van der Waals surface area contributed by atoms with Gasteiger partial charge in [0.05, 0.1) is 43.7 Å². The lowest BCUT2D eigenvalue weighted by molar-refractivity contribution is -0.139. The number of ether oxygens (including phenoxy) is 5. The van der Waals surface area contributed by atoms with E-state index in [1.54, 1.807) is 58.4 Å². The molecule has 2 heterocycles. The molecule has 1 aliphatic heterocycles. The van der Waals surface area contributed by atoms with Crippen molar-refractivity contribution < 1.29 is 32.9 Å². The molecule has 1 atom stereocenters. The van der Waals surface area contributed by atoms with Gasteiger partial charge in [-0.05, 0) is 84.3 Å². The molecule has 0 N–H and O–H groups in total. The Labute approximate surface area is 279 Å². The van der Waals surface area contributed by atoms with Gasteiger partial charge in [0, 0.05) is 5.56 Å². The molecule has 9 nitrogen and oxygen atoms in total. The van der Waals surface area contributed by atoms with Gasteiger partial charge in [0.2, 0.25) is 0 Å². The molecule has 0 spiro atoms. The van der Waals surface area contributed by atoms with Crippen LogP contribution in [0.15, 0.2) is 93.9 Å². The van der Waals surface area contributed by atoms with Gasteiger partial charge in [0.25, 0.3) is 5.56 Å². The van der Waals surface area contributed by atoms with E-state index < -0.39 is 12.0 Å². The van der Waals surface area contributed by atoms with Gasteiger partial charge in [-0.25, -0.2) is 14.2 Å². The average Bonchev–Trinajstić information content (AvgIpc) is 3.40. The Morgan fingerprint density at radius 3 is 2.38 bits per heavy atom. The Morgan fingerprint density at radius 1 is 0.938 bits per heavy atom. The van der Waals surface area contributed by atoms with Crippen molar-refractivity contribution in [2.75, 3.05) is 27.9 Å². The summed E-state index contributed by atoms with van der Waals surface area (Å²) in [6.07, 6.45) is 1.75. The van der Waals surface area contributed by atoms with Crippen LogP contribution in [0.5, 0.6) is 23.0 Å². The van der Waals surface area contributed by atoms with Crippen LogP contribution in [0.25, 0.3) is 16.8 Å². The third-order valence-electron chi connectivity index (χ3n) is 8.03. The largest absolute Gasteiger partial charge is 0.497 e. The fourth-order valence-corrected chi connectivity index (χ4v) is 6.79. The summed E-state index contributed by atoms with van der Waals surface area (Å²) in [6.45, 7) is 3.85. The van der Waals surface area contributed by atoms with Gasteiger partial charge < -0.3 is 23.7 Å². The Morgan fingerprint density at radius 2 is 1.67 bits per heavy atom. The molecule has 48 heavy (non-hydrogen) atoms. The minimum absolute atomic E-state index is 0.151. The zero-order valence-corrected chi connectivity index (χ0v) is 27.9. The predicted octanol–water partition coefficient (Wildman–Crippen LogP) is 5.70. The van der Waals surface area contributed by atoms with Gasteiger partial charge in [-0.2, -0.15) is 0 Å². The van der Waals surface area contributed by atoms with Crippen molar-refractivity contribution in [1.29, 1.82) is 0 Å². The first-order valence-electron chi connectivity index (χ1n) is 15.2. The quantitative estimate of drug-likeness (QED) is 0.176. The lowest BCUT2D eigenvalue weighted by Crippen LogP contribution is -2.40. The maximum Gasteiger partial charge on any atom is 0.338 e. The zero-order chi connectivity index (χ0) is 33.9. The van der Waals surface area contributed by atoms with Crippen molar-refractivity contribution >= 4 is 34.2 Å². The summed E-state index contributed by atoms with van der Waals surface area (Å²) in [5, 5.41) is 1.63. The Balaban J connectivity index is 1.49. The molecule has 1 aromatic heterocycles. The normalized spacial score (nSPS) is 14.4. The van der Waals surface area contributed by atoms with Crippen LogP contribution in [0, 0.1) is 5.82 Å². The summed E-state index contributed by atoms with van der Waals surface area (Å²) in [6, 6.07) is 19.9. The Bertz CT molecular complexity index is 2230. The molecule has 1 aliphatic rings. The lowest BCUT2D eigenvalue weighted by atomic mass is 9.90. The highest BCUT2D eigenvalue weighted by Gasteiger charge is 2.36. The molecule has 6 rings (SSSR count). The third-order valence-corrected chi connectivity index (χ3v) is 9.02. The standard InChI is InChI=1S/C37H33FN2O7S/c1-6-46-36(42)32-21(2)39-37-40(34(32)33-27-19-26(43-3)14-10-24(27)11-16-29(33)44-4)35(41)31(48-37)18-23-9-15-28(30(17-23)45-5)47-20-22-7-12-25(38)13-8-22/h7-19,34H,6,20H2,1-5H3. The third kappa shape index (κ3) is 6.16. The molecule has 11 heteroatoms. The second-order valence-corrected chi connectivity index (χ2v) is 11.9. The summed E-state index contributed by atoms with van der Waals surface area (Å²) >= 11 is 1.21. The summed E-state index contributed by atoms with van der Waals surface area (Å²) in [5.41, 5.74) is 2.46. The lowest BCUT2D eigenvalue weighted by Gasteiger charge is -2.27. The maximum absolute atomic E-state index is 14.4. The van der Waals surface area contributed by atoms with Crippen LogP contribution in [0.4, 0.5) is 4.39 Å². The fourth-order valence-electron chi connectivity index (χ4n) is 5.74. The maximum atomic E-state index is 14.4. The molecule has 246 valence electrons. The molecule has 0 amide bonds. The molecular formula is C37H33FN2O7S. The number of halogens is 1. The average molecular weight is 669 g/mol. The number of rotatable bonds is 10.